The number of carbonyl (C=O) groups excluding carboxylic acids is 2. The highest BCUT2D eigenvalue weighted by atomic mass is 32.1. The molecule has 1 aliphatic rings. The van der Waals surface area contributed by atoms with Crippen LogP contribution in [0, 0.1) is 10.1 Å². The highest BCUT2D eigenvalue weighted by molar-refractivity contribution is 7.14. The summed E-state index contributed by atoms with van der Waals surface area (Å²) < 4.78 is 5.17. The smallest absolute Gasteiger partial charge is 0.301 e. The number of Topliss-reactive ketones (excluding diaryl/α,β-unsaturated/α-hetero) is 1. The van der Waals surface area contributed by atoms with Crippen molar-refractivity contribution >= 4 is 39.6 Å². The lowest BCUT2D eigenvalue weighted by Crippen LogP contribution is -2.29. The molecule has 1 amide bonds. The second-order valence-electron chi connectivity index (χ2n) is 6.56. The van der Waals surface area contributed by atoms with Crippen molar-refractivity contribution in [2.24, 2.45) is 0 Å². The molecule has 0 saturated carbocycles. The summed E-state index contributed by atoms with van der Waals surface area (Å²) >= 11 is 1.18. The first-order chi connectivity index (χ1) is 14.9. The van der Waals surface area contributed by atoms with Crippen molar-refractivity contribution < 1.29 is 24.4 Å². The quantitative estimate of drug-likeness (QED) is 0.212. The molecule has 0 bridgehead atoms. The third-order valence-corrected chi connectivity index (χ3v) is 5.62. The molecule has 2 aromatic carbocycles. The van der Waals surface area contributed by atoms with E-state index in [4.69, 9.17) is 4.74 Å². The Kier molecular flexibility index (Phi) is 5.22. The Hall–Kier alpha value is -4.05. The van der Waals surface area contributed by atoms with E-state index in [1.165, 1.54) is 53.8 Å². The molecular weight excluding hydrogens is 422 g/mol. The monoisotopic (exact) mass is 437 g/mol. The number of amides is 1. The molecule has 0 radical (unpaired) electrons. The van der Waals surface area contributed by atoms with Crippen LogP contribution in [-0.4, -0.2) is 33.8 Å². The number of nitrogens with zero attached hydrogens (tertiary/aromatic N) is 3. The fourth-order valence-electron chi connectivity index (χ4n) is 3.36. The lowest BCUT2D eigenvalue weighted by molar-refractivity contribution is -0.384. The Morgan fingerprint density at radius 1 is 1.16 bits per heavy atom. The van der Waals surface area contributed by atoms with Crippen LogP contribution >= 0.6 is 11.3 Å². The van der Waals surface area contributed by atoms with Crippen LogP contribution in [-0.2, 0) is 9.59 Å². The number of aromatic nitrogens is 1. The first kappa shape index (κ1) is 20.2. The first-order valence-electron chi connectivity index (χ1n) is 9.01. The van der Waals surface area contributed by atoms with Crippen molar-refractivity contribution in [2.45, 2.75) is 6.04 Å². The minimum absolute atomic E-state index is 0.126. The van der Waals surface area contributed by atoms with E-state index in [0.717, 1.165) is 0 Å². The second kappa shape index (κ2) is 8.00. The Morgan fingerprint density at radius 3 is 2.39 bits per heavy atom. The third kappa shape index (κ3) is 3.53. The minimum Gasteiger partial charge on any atom is -0.507 e. The van der Waals surface area contributed by atoms with Gasteiger partial charge in [-0.3, -0.25) is 24.6 Å². The van der Waals surface area contributed by atoms with Gasteiger partial charge in [-0.25, -0.2) is 4.98 Å². The number of aliphatic hydroxyl groups excluding tert-OH is 1. The van der Waals surface area contributed by atoms with Crippen molar-refractivity contribution in [1.82, 2.24) is 4.98 Å². The van der Waals surface area contributed by atoms with Crippen LogP contribution in [0.5, 0.6) is 5.75 Å². The van der Waals surface area contributed by atoms with Gasteiger partial charge in [-0.05, 0) is 29.8 Å². The van der Waals surface area contributed by atoms with Gasteiger partial charge in [0.25, 0.3) is 11.5 Å². The van der Waals surface area contributed by atoms with E-state index in [1.807, 2.05) is 0 Å². The number of benzene rings is 2. The normalized spacial score (nSPS) is 17.7. The van der Waals surface area contributed by atoms with Gasteiger partial charge in [0.2, 0.25) is 0 Å². The zero-order valence-electron chi connectivity index (χ0n) is 16.1. The Labute approximate surface area is 180 Å². The fraction of sp³-hybridized carbons (Fsp3) is 0.0952. The molecule has 1 saturated heterocycles. The number of nitro groups is 1. The molecule has 1 aromatic heterocycles. The molecule has 3 aromatic rings. The van der Waals surface area contributed by atoms with Gasteiger partial charge in [0.15, 0.2) is 5.13 Å². The van der Waals surface area contributed by atoms with E-state index >= 15 is 0 Å². The van der Waals surface area contributed by atoms with Crippen molar-refractivity contribution in [1.29, 1.82) is 0 Å². The number of nitro benzene ring substituents is 1. The molecule has 10 heteroatoms. The molecule has 4 rings (SSSR count). The number of carbonyl (C=O) groups is 2. The number of hydrogen-bond acceptors (Lipinski definition) is 8. The van der Waals surface area contributed by atoms with Gasteiger partial charge in [-0.15, -0.1) is 11.3 Å². The first-order valence-corrected chi connectivity index (χ1v) is 9.89. The van der Waals surface area contributed by atoms with Gasteiger partial charge < -0.3 is 9.84 Å². The molecule has 0 spiro atoms. The molecule has 31 heavy (non-hydrogen) atoms. The summed E-state index contributed by atoms with van der Waals surface area (Å²) in [5, 5.41) is 23.8. The van der Waals surface area contributed by atoms with Gasteiger partial charge >= 0.3 is 5.91 Å². The maximum atomic E-state index is 12.9. The van der Waals surface area contributed by atoms with E-state index < -0.39 is 28.4 Å². The molecule has 2 heterocycles. The van der Waals surface area contributed by atoms with E-state index in [9.17, 15) is 24.8 Å². The summed E-state index contributed by atoms with van der Waals surface area (Å²) in [6.07, 6.45) is 1.51. The van der Waals surface area contributed by atoms with Crippen molar-refractivity contribution in [2.75, 3.05) is 12.0 Å². The molecule has 1 fully saturated rings. The highest BCUT2D eigenvalue weighted by Gasteiger charge is 2.48. The van der Waals surface area contributed by atoms with Gasteiger partial charge in [0.05, 0.1) is 23.6 Å². The van der Waals surface area contributed by atoms with E-state index in [-0.39, 0.29) is 16.8 Å². The standard InChI is InChI=1S/C21H15N3O6S/c1-30-15-8-4-12(5-9-15)17-16(18(25)13-2-6-14(7-3-13)24(28)29)19(26)20(27)23(17)21-22-10-11-31-21/h2-11,17,25H,1H3/t17-/m1/s1. The Bertz CT molecular complexity index is 1190. The number of thiazole rings is 1. The summed E-state index contributed by atoms with van der Waals surface area (Å²) in [5.41, 5.74) is 0.464. The fourth-order valence-corrected chi connectivity index (χ4v) is 4.03. The van der Waals surface area contributed by atoms with Crippen LogP contribution in [0.1, 0.15) is 17.2 Å². The SMILES string of the molecule is COc1ccc([C@@H]2C(=C(O)c3ccc([N+](=O)[O-])cc3)C(=O)C(=O)N2c2nccs2)cc1. The number of methoxy groups -OCH3 is 1. The molecule has 1 atom stereocenters. The van der Waals surface area contributed by atoms with Gasteiger partial charge in [0, 0.05) is 29.3 Å². The number of aliphatic hydroxyl groups is 1. The van der Waals surface area contributed by atoms with Gasteiger partial charge in [0.1, 0.15) is 11.5 Å². The summed E-state index contributed by atoms with van der Waals surface area (Å²) in [6.45, 7) is 0. The van der Waals surface area contributed by atoms with Crippen LogP contribution in [0.2, 0.25) is 0 Å². The van der Waals surface area contributed by atoms with Crippen LogP contribution in [0.3, 0.4) is 0 Å². The summed E-state index contributed by atoms with van der Waals surface area (Å²) in [7, 11) is 1.52. The Balaban J connectivity index is 1.88. The lowest BCUT2D eigenvalue weighted by atomic mass is 9.95. The number of non-ortho nitro benzene ring substituents is 1. The molecule has 9 nitrogen and oxygen atoms in total. The van der Waals surface area contributed by atoms with Crippen LogP contribution in [0.15, 0.2) is 65.7 Å². The van der Waals surface area contributed by atoms with Crippen LogP contribution in [0.25, 0.3) is 5.76 Å². The topological polar surface area (TPSA) is 123 Å². The number of ketones is 1. The molecule has 1 aliphatic heterocycles. The number of hydrogen-bond donors (Lipinski definition) is 1. The predicted molar refractivity (Wildman–Crippen MR) is 113 cm³/mol. The molecule has 0 aliphatic carbocycles. The van der Waals surface area contributed by atoms with Crippen molar-refractivity contribution in [3.05, 3.63) is 86.9 Å². The molecule has 156 valence electrons. The number of rotatable bonds is 5. The summed E-state index contributed by atoms with van der Waals surface area (Å²) in [4.78, 5) is 41.6. The average Bonchev–Trinajstić information content (AvgIpc) is 3.40. The zero-order chi connectivity index (χ0) is 22.1. The largest absolute Gasteiger partial charge is 0.507 e. The summed E-state index contributed by atoms with van der Waals surface area (Å²) in [6, 6.07) is 10.9. The van der Waals surface area contributed by atoms with Gasteiger partial charge in [-0.1, -0.05) is 12.1 Å². The molecular formula is C21H15N3O6S. The summed E-state index contributed by atoms with van der Waals surface area (Å²) in [5.74, 6) is -1.52. The molecule has 1 N–H and O–H groups in total. The second-order valence-corrected chi connectivity index (χ2v) is 7.43. The lowest BCUT2D eigenvalue weighted by Gasteiger charge is -2.23. The van der Waals surface area contributed by atoms with Crippen LogP contribution < -0.4 is 9.64 Å². The average molecular weight is 437 g/mol. The Morgan fingerprint density at radius 2 is 1.84 bits per heavy atom. The van der Waals surface area contributed by atoms with E-state index in [2.05, 4.69) is 4.98 Å². The zero-order valence-corrected chi connectivity index (χ0v) is 16.9. The number of ether oxygens (including phenoxy) is 1. The molecule has 0 unspecified atom stereocenters. The maximum absolute atomic E-state index is 12.9. The highest BCUT2D eigenvalue weighted by Crippen LogP contribution is 2.43. The number of anilines is 1. The van der Waals surface area contributed by atoms with E-state index in [1.54, 1.807) is 29.6 Å². The minimum atomic E-state index is -0.924. The maximum Gasteiger partial charge on any atom is 0.301 e. The van der Waals surface area contributed by atoms with Crippen LogP contribution in [0.4, 0.5) is 10.8 Å². The van der Waals surface area contributed by atoms with Crippen molar-refractivity contribution in [3.8, 4) is 5.75 Å². The van der Waals surface area contributed by atoms with Crippen molar-refractivity contribution in [3.63, 3.8) is 0 Å². The third-order valence-electron chi connectivity index (χ3n) is 4.85. The van der Waals surface area contributed by atoms with Gasteiger partial charge in [-0.2, -0.15) is 0 Å². The van der Waals surface area contributed by atoms with E-state index in [0.29, 0.717) is 16.4 Å². The predicted octanol–water partition coefficient (Wildman–Crippen LogP) is 3.69.